The van der Waals surface area contributed by atoms with Crippen molar-refractivity contribution in [3.05, 3.63) is 29.8 Å². The quantitative estimate of drug-likeness (QED) is 0.686. The lowest BCUT2D eigenvalue weighted by Gasteiger charge is -2.10. The van der Waals surface area contributed by atoms with Gasteiger partial charge in [-0.3, -0.25) is 4.79 Å². The predicted octanol–water partition coefficient (Wildman–Crippen LogP) is 2.51. The van der Waals surface area contributed by atoms with Gasteiger partial charge in [-0.15, -0.1) is 0 Å². The molecule has 18 heavy (non-hydrogen) atoms. The zero-order valence-electron chi connectivity index (χ0n) is 10.7. The second-order valence-electron chi connectivity index (χ2n) is 3.99. The van der Waals surface area contributed by atoms with Crippen molar-refractivity contribution in [3.8, 4) is 5.75 Å². The Bertz CT molecular complexity index is 363. The van der Waals surface area contributed by atoms with Gasteiger partial charge in [0.1, 0.15) is 12.4 Å². The van der Waals surface area contributed by atoms with Crippen LogP contribution in [0.25, 0.3) is 0 Å². The summed E-state index contributed by atoms with van der Waals surface area (Å²) < 4.78 is 10.9. The molecule has 1 N–H and O–H groups in total. The Morgan fingerprint density at radius 2 is 2.00 bits per heavy atom. The molecule has 0 unspecified atom stereocenters. The van der Waals surface area contributed by atoms with Crippen LogP contribution in [0.1, 0.15) is 25.3 Å². The first kappa shape index (κ1) is 14.5. The fourth-order valence-corrected chi connectivity index (χ4v) is 1.51. The second-order valence-corrected chi connectivity index (χ2v) is 3.99. The van der Waals surface area contributed by atoms with Crippen LogP contribution in [0.15, 0.2) is 24.3 Å². The minimum atomic E-state index is -0.856. The van der Waals surface area contributed by atoms with E-state index in [4.69, 9.17) is 14.6 Å². The van der Waals surface area contributed by atoms with Gasteiger partial charge in [-0.25, -0.2) is 0 Å². The minimum Gasteiger partial charge on any atom is -0.491 e. The van der Waals surface area contributed by atoms with E-state index in [0.29, 0.717) is 24.5 Å². The molecule has 0 saturated carbocycles. The van der Waals surface area contributed by atoms with Crippen molar-refractivity contribution in [1.82, 2.24) is 0 Å². The molecule has 0 spiro atoms. The zero-order chi connectivity index (χ0) is 13.2. The number of carboxylic acid groups (broad SMARTS) is 1. The highest BCUT2D eigenvalue weighted by Crippen LogP contribution is 2.18. The first-order valence-electron chi connectivity index (χ1n) is 6.24. The lowest BCUT2D eigenvalue weighted by molar-refractivity contribution is -0.136. The summed E-state index contributed by atoms with van der Waals surface area (Å²) in [6.45, 7) is 3.83. The van der Waals surface area contributed by atoms with Gasteiger partial charge >= 0.3 is 5.97 Å². The molecular formula is C14H20O4. The highest BCUT2D eigenvalue weighted by Gasteiger charge is 2.06. The number of unbranched alkanes of at least 4 members (excludes halogenated alkanes) is 1. The van der Waals surface area contributed by atoms with E-state index in [2.05, 4.69) is 6.92 Å². The summed E-state index contributed by atoms with van der Waals surface area (Å²) in [4.78, 5) is 10.7. The number of rotatable bonds is 9. The van der Waals surface area contributed by atoms with Crippen LogP contribution in [0.5, 0.6) is 5.75 Å². The molecule has 0 bridgehead atoms. The molecule has 100 valence electrons. The van der Waals surface area contributed by atoms with Gasteiger partial charge in [0.05, 0.1) is 13.0 Å². The average Bonchev–Trinajstić information content (AvgIpc) is 2.35. The van der Waals surface area contributed by atoms with Crippen molar-refractivity contribution in [3.63, 3.8) is 0 Å². The van der Waals surface area contributed by atoms with Crippen molar-refractivity contribution in [2.45, 2.75) is 26.2 Å². The highest BCUT2D eigenvalue weighted by molar-refractivity contribution is 5.71. The Hall–Kier alpha value is -1.55. The minimum absolute atomic E-state index is 0.0210. The van der Waals surface area contributed by atoms with Gasteiger partial charge in [-0.1, -0.05) is 31.5 Å². The van der Waals surface area contributed by atoms with Gasteiger partial charge in [0.2, 0.25) is 0 Å². The van der Waals surface area contributed by atoms with Gasteiger partial charge in [-0.2, -0.15) is 0 Å². The molecule has 0 fully saturated rings. The van der Waals surface area contributed by atoms with E-state index in [1.807, 2.05) is 12.1 Å². The van der Waals surface area contributed by atoms with Gasteiger partial charge in [0, 0.05) is 12.2 Å². The number of carboxylic acids is 1. The summed E-state index contributed by atoms with van der Waals surface area (Å²) in [6.07, 6.45) is 2.14. The van der Waals surface area contributed by atoms with Crippen LogP contribution >= 0.6 is 0 Å². The van der Waals surface area contributed by atoms with Crippen molar-refractivity contribution < 1.29 is 19.4 Å². The van der Waals surface area contributed by atoms with Crippen molar-refractivity contribution >= 4 is 5.97 Å². The first-order chi connectivity index (χ1) is 8.74. The Labute approximate surface area is 108 Å². The molecule has 0 aliphatic rings. The molecule has 1 aromatic rings. The van der Waals surface area contributed by atoms with E-state index >= 15 is 0 Å². The SMILES string of the molecule is CCCCOCCOc1ccccc1CC(=O)O. The number of hydrogen-bond acceptors (Lipinski definition) is 3. The van der Waals surface area contributed by atoms with Crippen LogP contribution in [0, 0.1) is 0 Å². The van der Waals surface area contributed by atoms with E-state index in [1.165, 1.54) is 0 Å². The molecule has 0 aromatic heterocycles. The third kappa shape index (κ3) is 5.68. The topological polar surface area (TPSA) is 55.8 Å². The first-order valence-corrected chi connectivity index (χ1v) is 6.24. The lowest BCUT2D eigenvalue weighted by atomic mass is 10.1. The Morgan fingerprint density at radius 3 is 2.72 bits per heavy atom. The average molecular weight is 252 g/mol. The third-order valence-corrected chi connectivity index (χ3v) is 2.44. The molecule has 0 heterocycles. The maximum atomic E-state index is 10.7. The van der Waals surface area contributed by atoms with Crippen molar-refractivity contribution in [2.24, 2.45) is 0 Å². The fourth-order valence-electron chi connectivity index (χ4n) is 1.51. The Morgan fingerprint density at radius 1 is 1.22 bits per heavy atom. The molecule has 0 saturated heterocycles. The maximum absolute atomic E-state index is 10.7. The van der Waals surface area contributed by atoms with Crippen LogP contribution in [-0.4, -0.2) is 30.9 Å². The summed E-state index contributed by atoms with van der Waals surface area (Å²) in [5.41, 5.74) is 0.693. The van der Waals surface area contributed by atoms with Gasteiger partial charge < -0.3 is 14.6 Å². The van der Waals surface area contributed by atoms with Crippen molar-refractivity contribution in [2.75, 3.05) is 19.8 Å². The van der Waals surface area contributed by atoms with Crippen LogP contribution in [0.3, 0.4) is 0 Å². The summed E-state index contributed by atoms with van der Waals surface area (Å²) in [6, 6.07) is 7.19. The molecule has 0 radical (unpaired) electrons. The third-order valence-electron chi connectivity index (χ3n) is 2.44. The summed E-state index contributed by atoms with van der Waals surface area (Å²) in [7, 11) is 0. The predicted molar refractivity (Wildman–Crippen MR) is 69.0 cm³/mol. The van der Waals surface area contributed by atoms with E-state index in [1.54, 1.807) is 12.1 Å². The van der Waals surface area contributed by atoms with Gasteiger partial charge in [0.25, 0.3) is 0 Å². The Kier molecular flexibility index (Phi) is 6.87. The summed E-state index contributed by atoms with van der Waals surface area (Å²) in [5, 5.41) is 8.78. The monoisotopic (exact) mass is 252 g/mol. The largest absolute Gasteiger partial charge is 0.491 e. The van der Waals surface area contributed by atoms with Crippen LogP contribution in [0.4, 0.5) is 0 Å². The Balaban J connectivity index is 2.34. The molecule has 0 atom stereocenters. The number of hydrogen-bond donors (Lipinski definition) is 1. The molecule has 0 aliphatic carbocycles. The molecule has 1 aromatic carbocycles. The van der Waals surface area contributed by atoms with E-state index in [9.17, 15) is 4.79 Å². The van der Waals surface area contributed by atoms with Gasteiger partial charge in [0.15, 0.2) is 0 Å². The van der Waals surface area contributed by atoms with Crippen molar-refractivity contribution in [1.29, 1.82) is 0 Å². The fraction of sp³-hybridized carbons (Fsp3) is 0.500. The second kappa shape index (κ2) is 8.53. The number of benzene rings is 1. The van der Waals surface area contributed by atoms with E-state index < -0.39 is 5.97 Å². The molecular weight excluding hydrogens is 232 g/mol. The highest BCUT2D eigenvalue weighted by atomic mass is 16.5. The standard InChI is InChI=1S/C14H20O4/c1-2-3-8-17-9-10-18-13-7-5-4-6-12(13)11-14(15)16/h4-7H,2-3,8-11H2,1H3,(H,15,16). The van der Waals surface area contributed by atoms with Gasteiger partial charge in [-0.05, 0) is 12.5 Å². The normalized spacial score (nSPS) is 10.3. The number of aliphatic carboxylic acids is 1. The molecule has 4 heteroatoms. The molecule has 0 aliphatic heterocycles. The van der Waals surface area contributed by atoms with Crippen LogP contribution in [-0.2, 0) is 16.0 Å². The van der Waals surface area contributed by atoms with Crippen LogP contribution in [0.2, 0.25) is 0 Å². The van der Waals surface area contributed by atoms with Crippen LogP contribution < -0.4 is 4.74 Å². The number of para-hydroxylation sites is 1. The van der Waals surface area contributed by atoms with E-state index in [0.717, 1.165) is 19.4 Å². The molecule has 4 nitrogen and oxygen atoms in total. The van der Waals surface area contributed by atoms with E-state index in [-0.39, 0.29) is 6.42 Å². The maximum Gasteiger partial charge on any atom is 0.307 e. The number of ether oxygens (including phenoxy) is 2. The summed E-state index contributed by atoms with van der Waals surface area (Å²) >= 11 is 0. The molecule has 1 rings (SSSR count). The zero-order valence-corrected chi connectivity index (χ0v) is 10.7. The smallest absolute Gasteiger partial charge is 0.307 e. The lowest BCUT2D eigenvalue weighted by Crippen LogP contribution is -2.09. The summed E-state index contributed by atoms with van der Waals surface area (Å²) in [5.74, 6) is -0.232. The number of carbonyl (C=O) groups is 1. The molecule has 0 amide bonds.